The second-order valence-corrected chi connectivity index (χ2v) is 4.54. The Morgan fingerprint density at radius 3 is 2.14 bits per heavy atom. The molecule has 0 saturated heterocycles. The first-order chi connectivity index (χ1) is 9.95. The zero-order valence-electron chi connectivity index (χ0n) is 10.6. The van der Waals surface area contributed by atoms with Crippen LogP contribution in [-0.2, 0) is 0 Å². The Hall–Kier alpha value is -3.15. The zero-order chi connectivity index (χ0) is 15.1. The Morgan fingerprint density at radius 2 is 1.43 bits per heavy atom. The first-order valence-corrected chi connectivity index (χ1v) is 6.00. The highest BCUT2D eigenvalue weighted by molar-refractivity contribution is 5.88. The number of phenolic OH excluding ortho intramolecular Hbond substituents is 4. The molecule has 5 N–H and O–H groups in total. The molecule has 0 atom stereocenters. The predicted molar refractivity (Wildman–Crippen MR) is 74.4 cm³/mol. The molecule has 0 saturated carbocycles. The summed E-state index contributed by atoms with van der Waals surface area (Å²) in [6.07, 6.45) is 0. The molecule has 0 fully saturated rings. The van der Waals surface area contributed by atoms with E-state index < -0.39 is 0 Å². The van der Waals surface area contributed by atoms with Crippen molar-refractivity contribution in [3.05, 3.63) is 36.4 Å². The van der Waals surface area contributed by atoms with Crippen LogP contribution >= 0.6 is 0 Å². The molecule has 3 rings (SSSR count). The lowest BCUT2D eigenvalue weighted by Gasteiger charge is -2.01. The van der Waals surface area contributed by atoms with E-state index in [-0.39, 0.29) is 45.5 Å². The highest BCUT2D eigenvalue weighted by atomic mass is 16.4. The molecule has 0 aliphatic carbocycles. The van der Waals surface area contributed by atoms with E-state index in [0.717, 1.165) is 6.07 Å². The van der Waals surface area contributed by atoms with Gasteiger partial charge < -0.3 is 25.5 Å². The molecule has 21 heavy (non-hydrogen) atoms. The summed E-state index contributed by atoms with van der Waals surface area (Å²) in [6.45, 7) is 0. The van der Waals surface area contributed by atoms with Crippen molar-refractivity contribution in [3.63, 3.8) is 0 Å². The molecule has 6 nitrogen and oxygen atoms in total. The fourth-order valence-corrected chi connectivity index (χ4v) is 2.06. The van der Waals surface area contributed by atoms with Crippen molar-refractivity contribution >= 4 is 11.0 Å². The summed E-state index contributed by atoms with van der Waals surface area (Å²) in [6, 6.07) is 7.63. The van der Waals surface area contributed by atoms with Gasteiger partial charge in [0.1, 0.15) is 16.9 Å². The van der Waals surface area contributed by atoms with Gasteiger partial charge in [-0.3, -0.25) is 0 Å². The van der Waals surface area contributed by atoms with Gasteiger partial charge in [-0.05, 0) is 12.1 Å². The smallest absolute Gasteiger partial charge is 0.402 e. The molecular weight excluding hydrogens is 276 g/mol. The van der Waals surface area contributed by atoms with Gasteiger partial charge in [0, 0.05) is 18.2 Å². The van der Waals surface area contributed by atoms with Crippen molar-refractivity contribution in [2.24, 2.45) is 0 Å². The van der Waals surface area contributed by atoms with Crippen molar-refractivity contribution in [1.82, 2.24) is 0 Å². The lowest BCUT2D eigenvalue weighted by atomic mass is 10.1. The summed E-state index contributed by atoms with van der Waals surface area (Å²) in [5, 5.41) is 48.2. The van der Waals surface area contributed by atoms with Crippen LogP contribution in [0.4, 0.5) is 0 Å². The maximum absolute atomic E-state index is 10.0. The minimum absolute atomic E-state index is 0.0304. The van der Waals surface area contributed by atoms with Gasteiger partial charge in [0.05, 0.1) is 11.6 Å². The summed E-state index contributed by atoms with van der Waals surface area (Å²) >= 11 is 0. The van der Waals surface area contributed by atoms with Gasteiger partial charge in [-0.25, -0.2) is 4.42 Å². The van der Waals surface area contributed by atoms with E-state index in [0.29, 0.717) is 5.56 Å². The molecule has 0 aliphatic rings. The molecule has 1 heterocycles. The summed E-state index contributed by atoms with van der Waals surface area (Å²) in [4.78, 5) is 0. The number of hydrogen-bond donors (Lipinski definition) is 5. The lowest BCUT2D eigenvalue weighted by Crippen LogP contribution is -1.83. The summed E-state index contributed by atoms with van der Waals surface area (Å²) in [5.41, 5.74) is 0.486. The maximum Gasteiger partial charge on any atom is 0.402 e. The molecular formula is C15H11O6+. The average molecular weight is 287 g/mol. The Kier molecular flexibility index (Phi) is 2.72. The summed E-state index contributed by atoms with van der Waals surface area (Å²) in [7, 11) is 0. The largest absolute Gasteiger partial charge is 0.507 e. The van der Waals surface area contributed by atoms with Gasteiger partial charge in [-0.2, -0.15) is 0 Å². The van der Waals surface area contributed by atoms with Gasteiger partial charge in [-0.15, -0.1) is 0 Å². The summed E-state index contributed by atoms with van der Waals surface area (Å²) < 4.78 is 5.47. The molecule has 6 heteroatoms. The molecule has 0 aliphatic heterocycles. The van der Waals surface area contributed by atoms with Crippen LogP contribution in [0.5, 0.6) is 28.7 Å². The third-order valence-electron chi connectivity index (χ3n) is 3.07. The van der Waals surface area contributed by atoms with Crippen molar-refractivity contribution in [2.75, 3.05) is 0 Å². The minimum Gasteiger partial charge on any atom is -0.507 e. The SMILES string of the molecule is Oc1cc(O)c2cc(O)c(-c3ccc(O)c(O)c3)[o+]c2c1. The van der Waals surface area contributed by atoms with E-state index in [2.05, 4.69) is 0 Å². The van der Waals surface area contributed by atoms with Gasteiger partial charge in [0.2, 0.25) is 5.75 Å². The van der Waals surface area contributed by atoms with Crippen LogP contribution in [0.1, 0.15) is 0 Å². The number of benzene rings is 2. The second kappa shape index (κ2) is 4.45. The van der Waals surface area contributed by atoms with E-state index >= 15 is 0 Å². The highest BCUT2D eigenvalue weighted by Crippen LogP contribution is 2.40. The van der Waals surface area contributed by atoms with Crippen LogP contribution in [0.3, 0.4) is 0 Å². The van der Waals surface area contributed by atoms with E-state index in [1.54, 1.807) is 0 Å². The highest BCUT2D eigenvalue weighted by Gasteiger charge is 2.24. The van der Waals surface area contributed by atoms with Crippen LogP contribution < -0.4 is 0 Å². The molecule has 0 radical (unpaired) electrons. The molecule has 3 aromatic rings. The van der Waals surface area contributed by atoms with Gasteiger partial charge in [0.15, 0.2) is 11.5 Å². The summed E-state index contributed by atoms with van der Waals surface area (Å²) in [5.74, 6) is -1.30. The molecule has 0 bridgehead atoms. The zero-order valence-corrected chi connectivity index (χ0v) is 10.6. The fraction of sp³-hybridized carbons (Fsp3) is 0. The molecule has 0 unspecified atom stereocenters. The number of fused-ring (bicyclic) bond motifs is 1. The van der Waals surface area contributed by atoms with Gasteiger partial charge >= 0.3 is 11.3 Å². The Balaban J connectivity index is 2.27. The maximum atomic E-state index is 10.0. The fourth-order valence-electron chi connectivity index (χ4n) is 2.06. The number of rotatable bonds is 1. The third-order valence-corrected chi connectivity index (χ3v) is 3.07. The molecule has 0 amide bonds. The topological polar surface area (TPSA) is 112 Å². The third kappa shape index (κ3) is 2.12. The van der Waals surface area contributed by atoms with E-state index in [1.165, 1.54) is 30.3 Å². The molecule has 2 aromatic carbocycles. The average Bonchev–Trinajstić information content (AvgIpc) is 2.42. The predicted octanol–water partition coefficient (Wildman–Crippen LogP) is 2.91. The monoisotopic (exact) mass is 287 g/mol. The number of hydrogen-bond acceptors (Lipinski definition) is 5. The first kappa shape index (κ1) is 12.9. The lowest BCUT2D eigenvalue weighted by molar-refractivity contribution is 0.403. The number of aromatic hydroxyl groups is 5. The second-order valence-electron chi connectivity index (χ2n) is 4.54. The Morgan fingerprint density at radius 1 is 0.667 bits per heavy atom. The van der Waals surface area contributed by atoms with Crippen LogP contribution in [0.15, 0.2) is 40.8 Å². The van der Waals surface area contributed by atoms with Gasteiger partial charge in [0.25, 0.3) is 0 Å². The molecule has 106 valence electrons. The van der Waals surface area contributed by atoms with E-state index in [1.807, 2.05) is 0 Å². The van der Waals surface area contributed by atoms with Crippen LogP contribution in [-0.4, -0.2) is 25.5 Å². The van der Waals surface area contributed by atoms with Crippen LogP contribution in [0, 0.1) is 0 Å². The first-order valence-electron chi connectivity index (χ1n) is 6.00. The standard InChI is InChI=1S/C15H10O6/c16-8-4-11(18)9-6-13(20)15(21-14(9)5-8)7-1-2-10(17)12(19)3-7/h1-6H,(H4-,16,17,18,19,20)/p+1. The normalized spacial score (nSPS) is 10.9. The van der Waals surface area contributed by atoms with Crippen molar-refractivity contribution in [1.29, 1.82) is 0 Å². The Bertz CT molecular complexity index is 856. The van der Waals surface area contributed by atoms with Crippen LogP contribution in [0.25, 0.3) is 22.3 Å². The van der Waals surface area contributed by atoms with E-state index in [9.17, 15) is 25.5 Å². The van der Waals surface area contributed by atoms with E-state index in [4.69, 9.17) is 4.42 Å². The molecule has 1 aromatic heterocycles. The molecule has 0 spiro atoms. The Labute approximate surface area is 118 Å². The van der Waals surface area contributed by atoms with Crippen molar-refractivity contribution in [2.45, 2.75) is 0 Å². The number of phenols is 4. The van der Waals surface area contributed by atoms with Gasteiger partial charge in [-0.1, -0.05) is 0 Å². The van der Waals surface area contributed by atoms with Crippen molar-refractivity contribution < 1.29 is 29.9 Å². The van der Waals surface area contributed by atoms with Crippen molar-refractivity contribution in [3.8, 4) is 40.1 Å². The van der Waals surface area contributed by atoms with Crippen LogP contribution in [0.2, 0.25) is 0 Å². The minimum atomic E-state index is -0.360. The quantitative estimate of drug-likeness (QED) is 0.347.